The molecule has 108 valence electrons. The zero-order valence-electron chi connectivity index (χ0n) is 12.5. The molecule has 0 saturated carbocycles. The fraction of sp³-hybridized carbons (Fsp3) is 0.467. The van der Waals surface area contributed by atoms with Gasteiger partial charge in [-0.1, -0.05) is 20.8 Å². The zero-order chi connectivity index (χ0) is 14.8. The van der Waals surface area contributed by atoms with E-state index in [1.807, 2.05) is 12.3 Å². The molecule has 4 nitrogen and oxygen atoms in total. The van der Waals surface area contributed by atoms with E-state index in [0.29, 0.717) is 0 Å². The fourth-order valence-electron chi connectivity index (χ4n) is 2.02. The van der Waals surface area contributed by atoms with Gasteiger partial charge in [-0.3, -0.25) is 16.3 Å². The Kier molecular flexibility index (Phi) is 4.52. The van der Waals surface area contributed by atoms with Gasteiger partial charge < -0.3 is 0 Å². The highest BCUT2D eigenvalue weighted by Crippen LogP contribution is 2.27. The van der Waals surface area contributed by atoms with E-state index in [9.17, 15) is 0 Å². The first kappa shape index (κ1) is 15.1. The fourth-order valence-corrected chi connectivity index (χ4v) is 3.09. The zero-order valence-corrected chi connectivity index (χ0v) is 13.3. The van der Waals surface area contributed by atoms with Gasteiger partial charge in [0.1, 0.15) is 0 Å². The van der Waals surface area contributed by atoms with Gasteiger partial charge in [-0.05, 0) is 24.1 Å². The van der Waals surface area contributed by atoms with Crippen molar-refractivity contribution in [3.05, 3.63) is 45.7 Å². The van der Waals surface area contributed by atoms with Gasteiger partial charge in [0.2, 0.25) is 0 Å². The summed E-state index contributed by atoms with van der Waals surface area (Å²) in [7, 11) is 0. The summed E-state index contributed by atoms with van der Waals surface area (Å²) in [4.78, 5) is 8.91. The van der Waals surface area contributed by atoms with E-state index in [0.717, 1.165) is 22.7 Å². The van der Waals surface area contributed by atoms with Crippen molar-refractivity contribution in [3.8, 4) is 0 Å². The van der Waals surface area contributed by atoms with Gasteiger partial charge in [-0.25, -0.2) is 4.98 Å². The summed E-state index contributed by atoms with van der Waals surface area (Å²) >= 11 is 1.69. The van der Waals surface area contributed by atoms with E-state index in [4.69, 9.17) is 10.8 Å². The first-order chi connectivity index (χ1) is 9.41. The quantitative estimate of drug-likeness (QED) is 0.671. The van der Waals surface area contributed by atoms with Crippen molar-refractivity contribution in [2.24, 2.45) is 5.84 Å². The smallest absolute Gasteiger partial charge is 0.0948 e. The summed E-state index contributed by atoms with van der Waals surface area (Å²) in [6.45, 7) is 8.60. The summed E-state index contributed by atoms with van der Waals surface area (Å²) < 4.78 is 0. The molecule has 0 aromatic carbocycles. The van der Waals surface area contributed by atoms with Crippen LogP contribution in [0.4, 0.5) is 0 Å². The monoisotopic (exact) mass is 290 g/mol. The molecule has 0 amide bonds. The third kappa shape index (κ3) is 3.42. The van der Waals surface area contributed by atoms with Crippen LogP contribution in [-0.2, 0) is 11.8 Å². The van der Waals surface area contributed by atoms with Gasteiger partial charge in [0, 0.05) is 29.6 Å². The number of nitrogens with one attached hydrogen (secondary N) is 1. The molecule has 0 fully saturated rings. The second-order valence-corrected chi connectivity index (χ2v) is 6.97. The molecule has 2 heterocycles. The van der Waals surface area contributed by atoms with Crippen molar-refractivity contribution < 1.29 is 0 Å². The maximum Gasteiger partial charge on any atom is 0.0948 e. The van der Waals surface area contributed by atoms with Crippen molar-refractivity contribution in [2.75, 3.05) is 0 Å². The maximum atomic E-state index is 5.71. The molecule has 0 bridgehead atoms. The first-order valence-electron chi connectivity index (χ1n) is 6.73. The Bertz CT molecular complexity index is 571. The minimum atomic E-state index is 0.0441. The average Bonchev–Trinajstić information content (AvgIpc) is 2.85. The van der Waals surface area contributed by atoms with Crippen molar-refractivity contribution in [1.29, 1.82) is 0 Å². The molecule has 3 N–H and O–H groups in total. The van der Waals surface area contributed by atoms with Crippen LogP contribution in [0.5, 0.6) is 0 Å². The van der Waals surface area contributed by atoms with E-state index >= 15 is 0 Å². The molecule has 1 unspecified atom stereocenters. The average molecular weight is 290 g/mol. The summed E-state index contributed by atoms with van der Waals surface area (Å²) in [6.07, 6.45) is 4.45. The van der Waals surface area contributed by atoms with Gasteiger partial charge in [0.25, 0.3) is 0 Å². The van der Waals surface area contributed by atoms with Crippen molar-refractivity contribution in [3.63, 3.8) is 0 Å². The van der Waals surface area contributed by atoms with Gasteiger partial charge in [-0.15, -0.1) is 11.3 Å². The number of nitrogens with two attached hydrogens (primary N) is 1. The number of rotatable bonds is 4. The van der Waals surface area contributed by atoms with Crippen LogP contribution in [0.15, 0.2) is 23.8 Å². The second kappa shape index (κ2) is 5.99. The molecule has 1 atom stereocenters. The van der Waals surface area contributed by atoms with Gasteiger partial charge in [0.05, 0.1) is 16.7 Å². The predicted octanol–water partition coefficient (Wildman–Crippen LogP) is 2.89. The van der Waals surface area contributed by atoms with Crippen LogP contribution in [-0.4, -0.2) is 9.97 Å². The number of hydrazine groups is 1. The molecule has 20 heavy (non-hydrogen) atoms. The number of pyridine rings is 1. The lowest BCUT2D eigenvalue weighted by atomic mass is 9.93. The van der Waals surface area contributed by atoms with Crippen LogP contribution in [0.1, 0.15) is 48.6 Å². The summed E-state index contributed by atoms with van der Waals surface area (Å²) in [6, 6.07) is 2.05. The Morgan fingerprint density at radius 3 is 2.70 bits per heavy atom. The number of nitrogens with zero attached hydrogens (tertiary/aromatic N) is 2. The molecule has 2 aromatic heterocycles. The third-order valence-electron chi connectivity index (χ3n) is 3.36. The van der Waals surface area contributed by atoms with Crippen molar-refractivity contribution >= 4 is 11.3 Å². The van der Waals surface area contributed by atoms with Gasteiger partial charge in [-0.2, -0.15) is 0 Å². The Morgan fingerprint density at radius 1 is 1.40 bits per heavy atom. The van der Waals surface area contributed by atoms with Gasteiger partial charge >= 0.3 is 0 Å². The van der Waals surface area contributed by atoms with E-state index in [1.165, 1.54) is 5.56 Å². The Morgan fingerprint density at radius 2 is 2.15 bits per heavy atom. The molecular weight excluding hydrogens is 268 g/mol. The Balaban J connectivity index is 2.19. The molecule has 0 radical (unpaired) electrons. The van der Waals surface area contributed by atoms with E-state index in [-0.39, 0.29) is 11.5 Å². The highest BCUT2D eigenvalue weighted by molar-refractivity contribution is 7.09. The lowest BCUT2D eigenvalue weighted by Gasteiger charge is -2.17. The van der Waals surface area contributed by atoms with Crippen molar-refractivity contribution in [1.82, 2.24) is 15.4 Å². The molecule has 2 aromatic rings. The SMILES string of the molecule is Cc1ccncc1C(Cc1nc(C(C)(C)C)cs1)NN. The predicted molar refractivity (Wildman–Crippen MR) is 83.6 cm³/mol. The number of aromatic nitrogens is 2. The molecule has 0 spiro atoms. The van der Waals surface area contributed by atoms with E-state index in [1.54, 1.807) is 17.5 Å². The van der Waals surface area contributed by atoms with Crippen LogP contribution >= 0.6 is 11.3 Å². The lowest BCUT2D eigenvalue weighted by molar-refractivity contribution is 0.538. The topological polar surface area (TPSA) is 63.8 Å². The van der Waals surface area contributed by atoms with Crippen molar-refractivity contribution in [2.45, 2.75) is 45.6 Å². The number of hydrogen-bond acceptors (Lipinski definition) is 5. The van der Waals surface area contributed by atoms with Crippen LogP contribution in [0, 0.1) is 6.92 Å². The highest BCUT2D eigenvalue weighted by Gasteiger charge is 2.20. The standard InChI is InChI=1S/C15H22N4S/c1-10-5-6-17-8-11(10)12(19-16)7-14-18-13(9-20-14)15(2,3)4/h5-6,8-9,12,19H,7,16H2,1-4H3. The third-order valence-corrected chi connectivity index (χ3v) is 4.23. The second-order valence-electron chi connectivity index (χ2n) is 6.03. The van der Waals surface area contributed by atoms with Crippen LogP contribution in [0.2, 0.25) is 0 Å². The molecule has 0 saturated heterocycles. The molecule has 2 rings (SSSR count). The normalized spacial score (nSPS) is 13.4. The summed E-state index contributed by atoms with van der Waals surface area (Å²) in [5.74, 6) is 5.71. The first-order valence-corrected chi connectivity index (χ1v) is 7.61. The number of hydrogen-bond donors (Lipinski definition) is 2. The minimum absolute atomic E-state index is 0.0441. The molecule has 0 aliphatic heterocycles. The molecular formula is C15H22N4S. The molecule has 0 aliphatic rings. The highest BCUT2D eigenvalue weighted by atomic mass is 32.1. The van der Waals surface area contributed by atoms with E-state index in [2.05, 4.69) is 43.5 Å². The van der Waals surface area contributed by atoms with Crippen LogP contribution in [0.3, 0.4) is 0 Å². The number of aryl methyl sites for hydroxylation is 1. The molecule has 5 heteroatoms. The largest absolute Gasteiger partial charge is 0.271 e. The van der Waals surface area contributed by atoms with Gasteiger partial charge in [0.15, 0.2) is 0 Å². The number of thiazole rings is 1. The van der Waals surface area contributed by atoms with E-state index < -0.39 is 0 Å². The lowest BCUT2D eigenvalue weighted by Crippen LogP contribution is -2.30. The maximum absolute atomic E-state index is 5.71. The Hall–Kier alpha value is -1.30. The Labute approximate surface area is 124 Å². The summed E-state index contributed by atoms with van der Waals surface area (Å²) in [5, 5.41) is 3.24. The van der Waals surface area contributed by atoms with Crippen LogP contribution in [0.25, 0.3) is 0 Å². The minimum Gasteiger partial charge on any atom is -0.271 e. The molecule has 0 aliphatic carbocycles. The summed E-state index contributed by atoms with van der Waals surface area (Å²) in [5.41, 5.74) is 6.42. The van der Waals surface area contributed by atoms with Crippen LogP contribution < -0.4 is 11.3 Å².